The molecule has 1 aliphatic carbocycles. The molecule has 1 rings (SSSR count). The Morgan fingerprint density at radius 1 is 1.43 bits per heavy atom. The zero-order chi connectivity index (χ0) is 9.68. The predicted octanol–water partition coefficient (Wildman–Crippen LogP) is 1.88. The van der Waals surface area contributed by atoms with E-state index in [0.717, 1.165) is 12.8 Å². The van der Waals surface area contributed by atoms with Gasteiger partial charge in [0.05, 0.1) is 6.61 Å². The Morgan fingerprint density at radius 3 is 2.64 bits per heavy atom. The normalized spacial score (nSPS) is 26.4. The van der Waals surface area contributed by atoms with E-state index in [-0.39, 0.29) is 24.4 Å². The van der Waals surface area contributed by atoms with Gasteiger partial charge in [-0.05, 0) is 12.8 Å². The third-order valence-electron chi connectivity index (χ3n) is 2.71. The lowest BCUT2D eigenvalue weighted by Gasteiger charge is -2.27. The summed E-state index contributed by atoms with van der Waals surface area (Å²) in [5.74, 6) is 0.280. The second-order valence-electron chi connectivity index (χ2n) is 3.74. The molecule has 1 fully saturated rings. The molecule has 0 saturated heterocycles. The molecule has 3 nitrogen and oxygen atoms in total. The lowest BCUT2D eigenvalue weighted by molar-refractivity contribution is -0.145. The molecule has 0 heterocycles. The SMILES string of the molecule is CCC(=O)OC[C@H]1CCCC[C@@H]1N.Cl. The van der Waals surface area contributed by atoms with E-state index in [4.69, 9.17) is 10.5 Å². The van der Waals surface area contributed by atoms with Crippen molar-refractivity contribution >= 4 is 18.4 Å². The molecule has 0 radical (unpaired) electrons. The molecule has 4 heteroatoms. The van der Waals surface area contributed by atoms with Crippen LogP contribution in [0.15, 0.2) is 0 Å². The number of hydrogen-bond donors (Lipinski definition) is 1. The number of hydrogen-bond acceptors (Lipinski definition) is 3. The third kappa shape index (κ3) is 4.29. The minimum Gasteiger partial charge on any atom is -0.465 e. The molecule has 0 amide bonds. The van der Waals surface area contributed by atoms with Gasteiger partial charge in [0.1, 0.15) is 0 Å². The van der Waals surface area contributed by atoms with E-state index >= 15 is 0 Å². The van der Waals surface area contributed by atoms with Crippen LogP contribution in [0.3, 0.4) is 0 Å². The number of carbonyl (C=O) groups is 1. The van der Waals surface area contributed by atoms with Crippen LogP contribution in [0.4, 0.5) is 0 Å². The highest BCUT2D eigenvalue weighted by atomic mass is 35.5. The van der Waals surface area contributed by atoms with Crippen molar-refractivity contribution in [3.05, 3.63) is 0 Å². The second kappa shape index (κ2) is 7.07. The molecule has 14 heavy (non-hydrogen) atoms. The molecule has 0 spiro atoms. The fourth-order valence-corrected chi connectivity index (χ4v) is 1.75. The van der Waals surface area contributed by atoms with Crippen LogP contribution in [-0.4, -0.2) is 18.6 Å². The molecular weight excluding hydrogens is 202 g/mol. The van der Waals surface area contributed by atoms with E-state index in [1.165, 1.54) is 12.8 Å². The Kier molecular flexibility index (Phi) is 6.93. The van der Waals surface area contributed by atoms with Gasteiger partial charge in [-0.2, -0.15) is 0 Å². The highest BCUT2D eigenvalue weighted by Gasteiger charge is 2.22. The molecule has 1 saturated carbocycles. The van der Waals surface area contributed by atoms with Gasteiger partial charge in [0.2, 0.25) is 0 Å². The van der Waals surface area contributed by atoms with Crippen LogP contribution in [0.1, 0.15) is 39.0 Å². The Hall–Kier alpha value is -0.280. The fraction of sp³-hybridized carbons (Fsp3) is 0.900. The molecule has 0 aliphatic heterocycles. The molecule has 0 unspecified atom stereocenters. The fourth-order valence-electron chi connectivity index (χ4n) is 1.75. The first-order valence-electron chi connectivity index (χ1n) is 5.15. The van der Waals surface area contributed by atoms with Gasteiger partial charge in [0, 0.05) is 18.4 Å². The Balaban J connectivity index is 0.00000169. The van der Waals surface area contributed by atoms with Crippen LogP contribution in [0, 0.1) is 5.92 Å². The summed E-state index contributed by atoms with van der Waals surface area (Å²) in [7, 11) is 0. The summed E-state index contributed by atoms with van der Waals surface area (Å²) >= 11 is 0. The highest BCUT2D eigenvalue weighted by molar-refractivity contribution is 5.85. The van der Waals surface area contributed by atoms with Crippen molar-refractivity contribution in [3.63, 3.8) is 0 Å². The van der Waals surface area contributed by atoms with Gasteiger partial charge in [0.25, 0.3) is 0 Å². The molecule has 0 aromatic carbocycles. The lowest BCUT2D eigenvalue weighted by Crippen LogP contribution is -2.36. The van der Waals surface area contributed by atoms with Crippen LogP contribution < -0.4 is 5.73 Å². The Bertz CT molecular complexity index is 176. The minimum atomic E-state index is -0.113. The van der Waals surface area contributed by atoms with Gasteiger partial charge in [-0.3, -0.25) is 4.79 Å². The summed E-state index contributed by atoms with van der Waals surface area (Å²) < 4.78 is 5.08. The van der Waals surface area contributed by atoms with Crippen LogP contribution in [0.2, 0.25) is 0 Å². The smallest absolute Gasteiger partial charge is 0.305 e. The monoisotopic (exact) mass is 221 g/mol. The maximum atomic E-state index is 10.9. The van der Waals surface area contributed by atoms with Crippen LogP contribution in [0.25, 0.3) is 0 Å². The quantitative estimate of drug-likeness (QED) is 0.741. The van der Waals surface area contributed by atoms with E-state index in [2.05, 4.69) is 0 Å². The summed E-state index contributed by atoms with van der Waals surface area (Å²) in [5, 5.41) is 0. The topological polar surface area (TPSA) is 52.3 Å². The van der Waals surface area contributed by atoms with Gasteiger partial charge < -0.3 is 10.5 Å². The molecule has 2 atom stereocenters. The number of ether oxygens (including phenoxy) is 1. The van der Waals surface area contributed by atoms with Crippen molar-refractivity contribution in [1.82, 2.24) is 0 Å². The number of nitrogens with two attached hydrogens (primary N) is 1. The maximum absolute atomic E-state index is 10.9. The minimum absolute atomic E-state index is 0. The van der Waals surface area contributed by atoms with Crippen LogP contribution in [-0.2, 0) is 9.53 Å². The van der Waals surface area contributed by atoms with Gasteiger partial charge in [-0.25, -0.2) is 0 Å². The van der Waals surface area contributed by atoms with Gasteiger partial charge in [-0.1, -0.05) is 19.8 Å². The molecular formula is C10H20ClNO2. The average molecular weight is 222 g/mol. The van der Waals surface area contributed by atoms with Crippen molar-refractivity contribution in [1.29, 1.82) is 0 Å². The number of carbonyl (C=O) groups excluding carboxylic acids is 1. The third-order valence-corrected chi connectivity index (χ3v) is 2.71. The molecule has 0 bridgehead atoms. The van der Waals surface area contributed by atoms with Crippen molar-refractivity contribution < 1.29 is 9.53 Å². The first-order valence-corrected chi connectivity index (χ1v) is 5.15. The molecule has 84 valence electrons. The molecule has 1 aliphatic rings. The maximum Gasteiger partial charge on any atom is 0.305 e. The summed E-state index contributed by atoms with van der Waals surface area (Å²) in [6, 6.07) is 0.235. The number of halogens is 1. The van der Waals surface area contributed by atoms with Crippen LogP contribution >= 0.6 is 12.4 Å². The first kappa shape index (κ1) is 13.7. The van der Waals surface area contributed by atoms with E-state index in [1.807, 2.05) is 6.92 Å². The zero-order valence-electron chi connectivity index (χ0n) is 8.70. The summed E-state index contributed by atoms with van der Waals surface area (Å²) in [6.07, 6.45) is 5.09. The Labute approximate surface area is 91.8 Å². The van der Waals surface area contributed by atoms with E-state index in [1.54, 1.807) is 0 Å². The van der Waals surface area contributed by atoms with Crippen molar-refractivity contribution in [2.45, 2.75) is 45.1 Å². The van der Waals surface area contributed by atoms with E-state index in [9.17, 15) is 4.79 Å². The summed E-state index contributed by atoms with van der Waals surface area (Å²) in [6.45, 7) is 2.33. The first-order chi connectivity index (χ1) is 6.24. The zero-order valence-corrected chi connectivity index (χ0v) is 9.52. The van der Waals surface area contributed by atoms with Crippen molar-refractivity contribution in [2.75, 3.05) is 6.61 Å². The summed E-state index contributed by atoms with van der Waals surface area (Å²) in [5.41, 5.74) is 5.92. The van der Waals surface area contributed by atoms with Gasteiger partial charge >= 0.3 is 5.97 Å². The second-order valence-corrected chi connectivity index (χ2v) is 3.74. The standard InChI is InChI=1S/C10H19NO2.ClH/c1-2-10(12)13-7-8-5-3-4-6-9(8)11;/h8-9H,2-7,11H2,1H3;1H/t8-,9+;/m1./s1. The number of esters is 1. The largest absolute Gasteiger partial charge is 0.465 e. The van der Waals surface area contributed by atoms with Gasteiger partial charge in [0.15, 0.2) is 0 Å². The average Bonchev–Trinajstić information content (AvgIpc) is 2.16. The summed E-state index contributed by atoms with van der Waals surface area (Å²) in [4.78, 5) is 10.9. The number of rotatable bonds is 3. The van der Waals surface area contributed by atoms with Crippen molar-refractivity contribution in [3.8, 4) is 0 Å². The molecule has 0 aromatic rings. The van der Waals surface area contributed by atoms with E-state index < -0.39 is 0 Å². The van der Waals surface area contributed by atoms with Crippen LogP contribution in [0.5, 0.6) is 0 Å². The predicted molar refractivity (Wildman–Crippen MR) is 58.4 cm³/mol. The Morgan fingerprint density at radius 2 is 2.07 bits per heavy atom. The van der Waals surface area contributed by atoms with Gasteiger partial charge in [-0.15, -0.1) is 12.4 Å². The molecule has 2 N–H and O–H groups in total. The highest BCUT2D eigenvalue weighted by Crippen LogP contribution is 2.23. The van der Waals surface area contributed by atoms with E-state index in [0.29, 0.717) is 18.9 Å². The van der Waals surface area contributed by atoms with Crippen molar-refractivity contribution in [2.24, 2.45) is 11.7 Å². The lowest BCUT2D eigenvalue weighted by atomic mass is 9.86. The molecule has 0 aromatic heterocycles.